The first kappa shape index (κ1) is 17.6. The Morgan fingerprint density at radius 1 is 1.43 bits per heavy atom. The SMILES string of the molecule is CCCn1cc(Cl)cc1C(=O)NC(CC(C)C)C(=O)OC. The maximum absolute atomic E-state index is 12.4. The molecule has 0 aromatic carbocycles. The van der Waals surface area contributed by atoms with E-state index < -0.39 is 12.0 Å². The van der Waals surface area contributed by atoms with Crippen LogP contribution in [-0.4, -0.2) is 29.6 Å². The number of methoxy groups -OCH3 is 1. The summed E-state index contributed by atoms with van der Waals surface area (Å²) < 4.78 is 6.54. The third-order valence-corrected chi connectivity index (χ3v) is 3.27. The number of halogens is 1. The lowest BCUT2D eigenvalue weighted by Crippen LogP contribution is -2.43. The summed E-state index contributed by atoms with van der Waals surface area (Å²) in [4.78, 5) is 24.1. The van der Waals surface area contributed by atoms with Crippen LogP contribution in [0, 0.1) is 5.92 Å². The highest BCUT2D eigenvalue weighted by atomic mass is 35.5. The van der Waals surface area contributed by atoms with E-state index in [1.807, 2.05) is 20.8 Å². The van der Waals surface area contributed by atoms with Crippen LogP contribution >= 0.6 is 11.6 Å². The zero-order valence-corrected chi connectivity index (χ0v) is 13.7. The number of nitrogens with zero attached hydrogens (tertiary/aromatic N) is 1. The van der Waals surface area contributed by atoms with Crippen molar-refractivity contribution >= 4 is 23.5 Å². The fraction of sp³-hybridized carbons (Fsp3) is 0.600. The van der Waals surface area contributed by atoms with E-state index >= 15 is 0 Å². The second kappa shape index (κ2) is 8.08. The molecule has 0 saturated carbocycles. The lowest BCUT2D eigenvalue weighted by atomic mass is 10.0. The number of amides is 1. The van der Waals surface area contributed by atoms with Gasteiger partial charge in [0.25, 0.3) is 5.91 Å². The molecule has 0 aliphatic carbocycles. The number of ether oxygens (including phenoxy) is 1. The van der Waals surface area contributed by atoms with Crippen LogP contribution in [0.3, 0.4) is 0 Å². The molecule has 1 aromatic heterocycles. The first-order valence-electron chi connectivity index (χ1n) is 7.13. The largest absolute Gasteiger partial charge is 0.467 e. The predicted molar refractivity (Wildman–Crippen MR) is 82.5 cm³/mol. The van der Waals surface area contributed by atoms with Gasteiger partial charge in [0.2, 0.25) is 0 Å². The number of carbonyl (C=O) groups is 2. The lowest BCUT2D eigenvalue weighted by molar-refractivity contribution is -0.143. The van der Waals surface area contributed by atoms with Gasteiger partial charge in [-0.15, -0.1) is 0 Å². The number of nitrogens with one attached hydrogen (secondary N) is 1. The van der Waals surface area contributed by atoms with Crippen LogP contribution in [0.2, 0.25) is 5.02 Å². The number of hydrogen-bond acceptors (Lipinski definition) is 3. The van der Waals surface area contributed by atoms with E-state index in [-0.39, 0.29) is 11.8 Å². The fourth-order valence-corrected chi connectivity index (χ4v) is 2.37. The molecule has 0 fully saturated rings. The van der Waals surface area contributed by atoms with Crippen molar-refractivity contribution in [2.75, 3.05) is 7.11 Å². The van der Waals surface area contributed by atoms with Gasteiger partial charge in [-0.05, 0) is 24.8 Å². The number of carbonyl (C=O) groups excluding carboxylic acids is 2. The molecule has 0 radical (unpaired) electrons. The minimum Gasteiger partial charge on any atom is -0.467 e. The summed E-state index contributed by atoms with van der Waals surface area (Å²) in [6.45, 7) is 6.69. The summed E-state index contributed by atoms with van der Waals surface area (Å²) in [6, 6.07) is 0.960. The Balaban J connectivity index is 2.88. The van der Waals surface area contributed by atoms with Gasteiger partial charge < -0.3 is 14.6 Å². The van der Waals surface area contributed by atoms with Crippen molar-refractivity contribution in [2.24, 2.45) is 5.92 Å². The highest BCUT2D eigenvalue weighted by molar-refractivity contribution is 6.31. The van der Waals surface area contributed by atoms with Gasteiger partial charge in [0.05, 0.1) is 12.1 Å². The van der Waals surface area contributed by atoms with Gasteiger partial charge in [0.15, 0.2) is 0 Å². The summed E-state index contributed by atoms with van der Waals surface area (Å²) in [5, 5.41) is 3.24. The molecule has 1 heterocycles. The van der Waals surface area contributed by atoms with E-state index in [1.54, 1.807) is 16.8 Å². The molecule has 6 heteroatoms. The number of aryl methyl sites for hydroxylation is 1. The number of hydrogen-bond donors (Lipinski definition) is 1. The molecule has 0 bridgehead atoms. The average Bonchev–Trinajstić information content (AvgIpc) is 2.78. The van der Waals surface area contributed by atoms with E-state index in [0.717, 1.165) is 6.42 Å². The number of esters is 1. The van der Waals surface area contributed by atoms with Gasteiger partial charge in [-0.3, -0.25) is 4.79 Å². The average molecular weight is 315 g/mol. The van der Waals surface area contributed by atoms with Crippen LogP contribution in [0.1, 0.15) is 44.1 Å². The van der Waals surface area contributed by atoms with Crippen LogP contribution in [0.25, 0.3) is 0 Å². The summed E-state index contributed by atoms with van der Waals surface area (Å²) in [6.07, 6.45) is 3.13. The van der Waals surface area contributed by atoms with Gasteiger partial charge in [-0.25, -0.2) is 4.79 Å². The molecule has 1 amide bonds. The summed E-state index contributed by atoms with van der Waals surface area (Å²) in [5.74, 6) is -0.483. The molecular weight excluding hydrogens is 292 g/mol. The molecule has 21 heavy (non-hydrogen) atoms. The van der Waals surface area contributed by atoms with Crippen molar-refractivity contribution in [1.29, 1.82) is 0 Å². The lowest BCUT2D eigenvalue weighted by Gasteiger charge is -2.18. The predicted octanol–water partition coefficient (Wildman–Crippen LogP) is 2.87. The van der Waals surface area contributed by atoms with E-state index in [9.17, 15) is 9.59 Å². The van der Waals surface area contributed by atoms with Gasteiger partial charge in [0.1, 0.15) is 11.7 Å². The second-order valence-electron chi connectivity index (χ2n) is 5.42. The first-order chi connectivity index (χ1) is 9.88. The Hall–Kier alpha value is -1.49. The van der Waals surface area contributed by atoms with Crippen molar-refractivity contribution in [1.82, 2.24) is 9.88 Å². The summed E-state index contributed by atoms with van der Waals surface area (Å²) in [5.41, 5.74) is 0.458. The Morgan fingerprint density at radius 2 is 2.10 bits per heavy atom. The number of aromatic nitrogens is 1. The van der Waals surface area contributed by atoms with Crippen molar-refractivity contribution in [2.45, 2.75) is 46.2 Å². The molecule has 1 rings (SSSR count). The third-order valence-electron chi connectivity index (χ3n) is 3.06. The van der Waals surface area contributed by atoms with Crippen molar-refractivity contribution in [3.8, 4) is 0 Å². The monoisotopic (exact) mass is 314 g/mol. The maximum Gasteiger partial charge on any atom is 0.328 e. The molecule has 0 aliphatic heterocycles. The molecular formula is C15H23ClN2O3. The van der Waals surface area contributed by atoms with Gasteiger partial charge >= 0.3 is 5.97 Å². The molecule has 1 N–H and O–H groups in total. The number of rotatable bonds is 7. The first-order valence-corrected chi connectivity index (χ1v) is 7.51. The minimum absolute atomic E-state index is 0.264. The Kier molecular flexibility index (Phi) is 6.75. The highest BCUT2D eigenvalue weighted by Crippen LogP contribution is 2.16. The molecule has 1 unspecified atom stereocenters. The molecule has 1 atom stereocenters. The van der Waals surface area contributed by atoms with Gasteiger partial charge in [-0.2, -0.15) is 0 Å². The topological polar surface area (TPSA) is 60.3 Å². The molecule has 1 aromatic rings. The van der Waals surface area contributed by atoms with E-state index in [0.29, 0.717) is 23.7 Å². The fourth-order valence-electron chi connectivity index (χ4n) is 2.15. The molecule has 0 saturated heterocycles. The Labute approximate surface area is 130 Å². The van der Waals surface area contributed by atoms with E-state index in [2.05, 4.69) is 5.32 Å². The van der Waals surface area contributed by atoms with E-state index in [1.165, 1.54) is 7.11 Å². The minimum atomic E-state index is -0.647. The summed E-state index contributed by atoms with van der Waals surface area (Å²) in [7, 11) is 1.32. The molecule has 118 valence electrons. The van der Waals surface area contributed by atoms with Crippen LogP contribution in [0.5, 0.6) is 0 Å². The third kappa shape index (κ3) is 5.08. The zero-order chi connectivity index (χ0) is 16.0. The van der Waals surface area contributed by atoms with Crippen LogP contribution in [-0.2, 0) is 16.1 Å². The zero-order valence-electron chi connectivity index (χ0n) is 13.0. The molecule has 5 nitrogen and oxygen atoms in total. The maximum atomic E-state index is 12.4. The Bertz CT molecular complexity index is 497. The normalized spacial score (nSPS) is 12.3. The molecule has 0 aliphatic rings. The highest BCUT2D eigenvalue weighted by Gasteiger charge is 2.24. The quantitative estimate of drug-likeness (QED) is 0.787. The van der Waals surface area contributed by atoms with Crippen molar-refractivity contribution in [3.63, 3.8) is 0 Å². The second-order valence-corrected chi connectivity index (χ2v) is 5.85. The smallest absolute Gasteiger partial charge is 0.328 e. The van der Waals surface area contributed by atoms with Crippen LogP contribution in [0.15, 0.2) is 12.3 Å². The van der Waals surface area contributed by atoms with Gasteiger partial charge in [-0.1, -0.05) is 32.4 Å². The Morgan fingerprint density at radius 3 is 2.62 bits per heavy atom. The van der Waals surface area contributed by atoms with E-state index in [4.69, 9.17) is 16.3 Å². The van der Waals surface area contributed by atoms with Crippen molar-refractivity contribution < 1.29 is 14.3 Å². The van der Waals surface area contributed by atoms with Crippen molar-refractivity contribution in [3.05, 3.63) is 23.0 Å². The molecule has 0 spiro atoms. The van der Waals surface area contributed by atoms with Crippen LogP contribution < -0.4 is 5.32 Å². The van der Waals surface area contributed by atoms with Gasteiger partial charge in [0, 0.05) is 12.7 Å². The van der Waals surface area contributed by atoms with Crippen LogP contribution in [0.4, 0.5) is 0 Å². The standard InChI is InChI=1S/C15H23ClN2O3/c1-5-6-18-9-11(16)8-13(18)14(19)17-12(7-10(2)3)15(20)21-4/h8-10,12H,5-7H2,1-4H3,(H,17,19). The summed E-state index contributed by atoms with van der Waals surface area (Å²) >= 11 is 5.96.